The van der Waals surface area contributed by atoms with Crippen LogP contribution < -0.4 is 10.6 Å². The first-order valence-electron chi connectivity index (χ1n) is 4.48. The minimum atomic E-state index is -3.32. The predicted molar refractivity (Wildman–Crippen MR) is 47.7 cm³/mol. The van der Waals surface area contributed by atoms with Crippen molar-refractivity contribution in [3.05, 3.63) is 0 Å². The molecule has 0 spiro atoms. The lowest BCUT2D eigenvalue weighted by molar-refractivity contribution is -0.177. The molecule has 90 valence electrons. The number of halogens is 1. The maximum atomic E-state index is 13.9. The van der Waals surface area contributed by atoms with Gasteiger partial charge in [0, 0.05) is 0 Å². The first-order valence-corrected chi connectivity index (χ1v) is 4.48. The monoisotopic (exact) mass is 234 g/mol. The van der Waals surface area contributed by atoms with Crippen molar-refractivity contribution in [2.45, 2.75) is 31.8 Å². The Labute approximate surface area is 89.9 Å². The van der Waals surface area contributed by atoms with E-state index in [0.29, 0.717) is 0 Å². The van der Waals surface area contributed by atoms with Gasteiger partial charge in [0.2, 0.25) is 0 Å². The van der Waals surface area contributed by atoms with E-state index < -0.39 is 35.9 Å². The van der Waals surface area contributed by atoms with Crippen LogP contribution in [-0.2, 0) is 14.3 Å². The van der Waals surface area contributed by atoms with Gasteiger partial charge in [-0.15, -0.1) is 0 Å². The topological polar surface area (TPSA) is 105 Å². The van der Waals surface area contributed by atoms with Crippen LogP contribution in [0.2, 0.25) is 0 Å². The second-order valence-electron chi connectivity index (χ2n) is 3.50. The Morgan fingerprint density at radius 1 is 1.56 bits per heavy atom. The van der Waals surface area contributed by atoms with Crippen LogP contribution in [0.25, 0.3) is 0 Å². The highest BCUT2D eigenvalue weighted by Gasteiger charge is 2.58. The smallest absolute Gasteiger partial charge is 0.359 e. The van der Waals surface area contributed by atoms with E-state index in [1.807, 2.05) is 0 Å². The Morgan fingerprint density at radius 3 is 2.56 bits per heavy atom. The van der Waals surface area contributed by atoms with E-state index in [0.717, 1.165) is 0 Å². The van der Waals surface area contributed by atoms with E-state index in [2.05, 4.69) is 4.74 Å². The average Bonchev–Trinajstić information content (AvgIpc) is 2.12. The highest BCUT2D eigenvalue weighted by atomic mass is 19.1. The van der Waals surface area contributed by atoms with E-state index in [1.165, 1.54) is 19.2 Å². The molecule has 0 bridgehead atoms. The quantitative estimate of drug-likeness (QED) is 0.411. The highest BCUT2D eigenvalue weighted by Crippen LogP contribution is 2.21. The van der Waals surface area contributed by atoms with Gasteiger partial charge in [0.15, 0.2) is 6.23 Å². The normalized spacial score (nSPS) is 29.7. The summed E-state index contributed by atoms with van der Waals surface area (Å²) in [5.41, 5.74) is -3.32. The average molecular weight is 234 g/mol. The molecule has 0 saturated carbocycles. The number of urea groups is 1. The van der Waals surface area contributed by atoms with Gasteiger partial charge in [0.1, 0.15) is 0 Å². The first-order chi connectivity index (χ1) is 7.28. The number of hydrogen-bond acceptors (Lipinski definition) is 5. The number of amides is 3. The molecule has 7 nitrogen and oxygen atoms in total. The zero-order valence-electron chi connectivity index (χ0n) is 8.61. The molecular weight excluding hydrogens is 223 g/mol. The van der Waals surface area contributed by atoms with Gasteiger partial charge in [-0.2, -0.15) is 0 Å². The Balaban J connectivity index is 2.93. The Hall–Kier alpha value is -1.70. The predicted octanol–water partition coefficient (Wildman–Crippen LogP) is -1.20. The summed E-state index contributed by atoms with van der Waals surface area (Å²) in [6, 6.07) is -1.08. The maximum absolute atomic E-state index is 13.9. The van der Waals surface area contributed by atoms with Crippen LogP contribution in [0.5, 0.6) is 0 Å². The molecule has 0 aromatic carbocycles. The molecule has 2 atom stereocenters. The van der Waals surface area contributed by atoms with Gasteiger partial charge in [0.25, 0.3) is 5.91 Å². The third-order valence-corrected chi connectivity index (χ3v) is 1.84. The molecule has 3 N–H and O–H groups in total. The summed E-state index contributed by atoms with van der Waals surface area (Å²) in [6.45, 7) is 2.90. The number of ether oxygens (including phenoxy) is 1. The number of nitrogens with one attached hydrogen (secondary N) is 2. The SMILES string of the molecule is CC(C)OC(=O)C1(F)C(=O)NC(=O)NC1O. The second kappa shape index (κ2) is 4.05. The number of rotatable bonds is 2. The van der Waals surface area contributed by atoms with Crippen LogP contribution in [0.3, 0.4) is 0 Å². The van der Waals surface area contributed by atoms with Crippen molar-refractivity contribution in [1.82, 2.24) is 10.6 Å². The third kappa shape index (κ3) is 1.96. The number of imide groups is 1. The number of carbonyl (C=O) groups excluding carboxylic acids is 3. The van der Waals surface area contributed by atoms with Gasteiger partial charge < -0.3 is 15.2 Å². The number of aliphatic hydroxyl groups is 1. The molecule has 2 unspecified atom stereocenters. The number of esters is 1. The summed E-state index contributed by atoms with van der Waals surface area (Å²) in [5.74, 6) is -3.10. The molecule has 0 aliphatic carbocycles. The summed E-state index contributed by atoms with van der Waals surface area (Å²) in [4.78, 5) is 33.1. The van der Waals surface area contributed by atoms with Crippen molar-refractivity contribution in [3.63, 3.8) is 0 Å². The fourth-order valence-corrected chi connectivity index (χ4v) is 1.08. The van der Waals surface area contributed by atoms with Crippen LogP contribution in [0, 0.1) is 0 Å². The minimum absolute atomic E-state index is 0.655. The number of hydrogen-bond donors (Lipinski definition) is 3. The lowest BCUT2D eigenvalue weighted by Gasteiger charge is -2.31. The van der Waals surface area contributed by atoms with Crippen molar-refractivity contribution in [2.75, 3.05) is 0 Å². The molecule has 0 aromatic heterocycles. The van der Waals surface area contributed by atoms with E-state index in [1.54, 1.807) is 5.32 Å². The van der Waals surface area contributed by atoms with E-state index >= 15 is 0 Å². The summed E-state index contributed by atoms with van der Waals surface area (Å²) in [6.07, 6.45) is -2.92. The fraction of sp³-hybridized carbons (Fsp3) is 0.625. The minimum Gasteiger partial charge on any atom is -0.460 e. The summed E-state index contributed by atoms with van der Waals surface area (Å²) in [7, 11) is 0. The van der Waals surface area contributed by atoms with Gasteiger partial charge in [-0.05, 0) is 13.8 Å². The molecule has 1 fully saturated rings. The summed E-state index contributed by atoms with van der Waals surface area (Å²) >= 11 is 0. The van der Waals surface area contributed by atoms with Crippen LogP contribution in [0.1, 0.15) is 13.8 Å². The Morgan fingerprint density at radius 2 is 2.12 bits per heavy atom. The van der Waals surface area contributed by atoms with Crippen LogP contribution >= 0.6 is 0 Å². The molecule has 1 heterocycles. The summed E-state index contributed by atoms with van der Waals surface area (Å²) in [5, 5.41) is 12.4. The van der Waals surface area contributed by atoms with E-state index in [4.69, 9.17) is 0 Å². The van der Waals surface area contributed by atoms with Crippen molar-refractivity contribution >= 4 is 17.9 Å². The van der Waals surface area contributed by atoms with Crippen molar-refractivity contribution < 1.29 is 28.6 Å². The Kier molecular flexibility index (Phi) is 3.13. The van der Waals surface area contributed by atoms with Crippen molar-refractivity contribution in [2.24, 2.45) is 0 Å². The molecule has 1 aliphatic rings. The first kappa shape index (κ1) is 12.4. The fourth-order valence-electron chi connectivity index (χ4n) is 1.08. The van der Waals surface area contributed by atoms with Crippen molar-refractivity contribution in [3.8, 4) is 0 Å². The van der Waals surface area contributed by atoms with Gasteiger partial charge in [0.05, 0.1) is 6.10 Å². The van der Waals surface area contributed by atoms with E-state index in [-0.39, 0.29) is 0 Å². The zero-order valence-corrected chi connectivity index (χ0v) is 8.61. The lowest BCUT2D eigenvalue weighted by Crippen LogP contribution is -2.70. The summed E-state index contributed by atoms with van der Waals surface area (Å²) < 4.78 is 18.4. The molecule has 1 rings (SSSR count). The molecule has 8 heteroatoms. The van der Waals surface area contributed by atoms with Gasteiger partial charge in [-0.1, -0.05) is 0 Å². The maximum Gasteiger partial charge on any atom is 0.359 e. The molecule has 3 amide bonds. The molecule has 16 heavy (non-hydrogen) atoms. The molecular formula is C8H11FN2O5. The Bertz CT molecular complexity index is 345. The molecule has 0 radical (unpaired) electrons. The molecule has 1 saturated heterocycles. The second-order valence-corrected chi connectivity index (χ2v) is 3.50. The lowest BCUT2D eigenvalue weighted by atomic mass is 10.0. The number of alkyl halides is 1. The zero-order chi connectivity index (χ0) is 12.5. The molecule has 0 aromatic rings. The highest BCUT2D eigenvalue weighted by molar-refractivity contribution is 6.13. The van der Waals surface area contributed by atoms with E-state index in [9.17, 15) is 23.9 Å². The van der Waals surface area contributed by atoms with Gasteiger partial charge in [-0.25, -0.2) is 14.0 Å². The van der Waals surface area contributed by atoms with Gasteiger partial charge in [-0.3, -0.25) is 10.1 Å². The number of carbonyl (C=O) groups is 3. The van der Waals surface area contributed by atoms with Crippen LogP contribution in [0.4, 0.5) is 9.18 Å². The standard InChI is InChI=1S/C8H11FN2O5/c1-3(2)16-6(14)8(9)4(12)10-7(15)11-5(8)13/h3-4,12H,1-2H3,(H2,10,11,13,15). The third-order valence-electron chi connectivity index (χ3n) is 1.84. The largest absolute Gasteiger partial charge is 0.460 e. The van der Waals surface area contributed by atoms with Crippen LogP contribution in [0.15, 0.2) is 0 Å². The van der Waals surface area contributed by atoms with Crippen molar-refractivity contribution in [1.29, 1.82) is 0 Å². The van der Waals surface area contributed by atoms with Crippen LogP contribution in [-0.4, -0.2) is 41.0 Å². The van der Waals surface area contributed by atoms with Gasteiger partial charge >= 0.3 is 17.7 Å². The molecule has 1 aliphatic heterocycles. The number of aliphatic hydroxyl groups excluding tert-OH is 1.